The molecule has 4 rings (SSSR count). The highest BCUT2D eigenvalue weighted by molar-refractivity contribution is 9.13. The molecule has 3 aromatic rings. The van der Waals surface area contributed by atoms with Crippen LogP contribution in [0.25, 0.3) is 6.08 Å². The summed E-state index contributed by atoms with van der Waals surface area (Å²) >= 11 is 17.0. The lowest BCUT2D eigenvalue weighted by molar-refractivity contribution is -0.114. The molecule has 3 aromatic carbocycles. The Morgan fingerprint density at radius 2 is 1.80 bits per heavy atom. The number of benzene rings is 3. The molecule has 180 valence electrons. The Morgan fingerprint density at radius 3 is 2.51 bits per heavy atom. The molecule has 35 heavy (non-hydrogen) atoms. The van der Waals surface area contributed by atoms with E-state index in [1.807, 2.05) is 68.4 Å². The summed E-state index contributed by atoms with van der Waals surface area (Å²) in [5, 5.41) is 6.51. The molecule has 0 spiro atoms. The molecule has 0 aromatic heterocycles. The summed E-state index contributed by atoms with van der Waals surface area (Å²) in [6.45, 7) is 4.44. The van der Waals surface area contributed by atoms with Crippen LogP contribution in [0.1, 0.15) is 25.0 Å². The lowest BCUT2D eigenvalue weighted by Gasteiger charge is -2.17. The van der Waals surface area contributed by atoms with E-state index in [0.29, 0.717) is 44.6 Å². The van der Waals surface area contributed by atoms with Crippen LogP contribution in [0.2, 0.25) is 5.02 Å². The third kappa shape index (κ3) is 5.66. The van der Waals surface area contributed by atoms with E-state index in [0.717, 1.165) is 20.1 Å². The highest BCUT2D eigenvalue weighted by Gasteiger charge is 2.29. The van der Waals surface area contributed by atoms with Gasteiger partial charge in [0.1, 0.15) is 6.61 Å². The number of carbonyl (C=O) groups excluding carboxylic acids is 1. The Hall–Kier alpha value is -2.13. The first kappa shape index (κ1) is 25.9. The molecule has 0 unspecified atom stereocenters. The van der Waals surface area contributed by atoms with Gasteiger partial charge in [-0.05, 0) is 87.7 Å². The first-order valence-electron chi connectivity index (χ1n) is 10.7. The third-order valence-electron chi connectivity index (χ3n) is 5.20. The largest absolute Gasteiger partial charge is 0.490 e. The Labute approximate surface area is 234 Å². The van der Waals surface area contributed by atoms with Crippen molar-refractivity contribution in [3.05, 3.63) is 89.7 Å². The molecule has 0 saturated carbocycles. The van der Waals surface area contributed by atoms with Gasteiger partial charge < -0.3 is 9.47 Å². The number of halogens is 4. The van der Waals surface area contributed by atoms with Gasteiger partial charge in [-0.3, -0.25) is 4.79 Å². The predicted octanol–water partition coefficient (Wildman–Crippen LogP) is 8.41. The Morgan fingerprint density at radius 1 is 1.03 bits per heavy atom. The van der Waals surface area contributed by atoms with Crippen LogP contribution in [0.4, 0.5) is 5.69 Å². The van der Waals surface area contributed by atoms with Crippen molar-refractivity contribution >= 4 is 82.8 Å². The van der Waals surface area contributed by atoms with Crippen LogP contribution in [0.3, 0.4) is 0 Å². The first-order valence-corrected chi connectivity index (χ1v) is 13.4. The maximum atomic E-state index is 13.2. The minimum Gasteiger partial charge on any atom is -0.490 e. The second kappa shape index (κ2) is 11.3. The SMILES string of the molecule is CCOc1cc(/C=C2\C(=O)N(c3cccc(Br)c3)N=C2C)c(Br)c(Br)c1OCc1ccccc1Cl. The van der Waals surface area contributed by atoms with Gasteiger partial charge in [-0.2, -0.15) is 10.1 Å². The van der Waals surface area contributed by atoms with Crippen LogP contribution in [0, 0.1) is 0 Å². The van der Waals surface area contributed by atoms with Crippen molar-refractivity contribution in [1.82, 2.24) is 0 Å². The second-order valence-corrected chi connectivity index (χ2v) is 10.5. The quantitative estimate of drug-likeness (QED) is 0.235. The standard InChI is InChI=1S/C26H20Br3ClN2O3/c1-3-34-22-12-17(23(28)24(29)25(22)35-14-16-7-4-5-10-21(16)30)11-20-15(2)31-32(26(20)33)19-9-6-8-18(27)13-19/h4-13H,3,14H2,1-2H3/b20-11-. The van der Waals surface area contributed by atoms with Gasteiger partial charge in [0.05, 0.1) is 28.1 Å². The number of hydrogen-bond acceptors (Lipinski definition) is 4. The Bertz CT molecular complexity index is 1360. The lowest BCUT2D eigenvalue weighted by atomic mass is 10.1. The van der Waals surface area contributed by atoms with E-state index in [1.54, 1.807) is 6.08 Å². The Kier molecular flexibility index (Phi) is 8.37. The maximum absolute atomic E-state index is 13.2. The number of hydrazone groups is 1. The van der Waals surface area contributed by atoms with E-state index >= 15 is 0 Å². The van der Waals surface area contributed by atoms with Crippen molar-refractivity contribution in [2.75, 3.05) is 11.6 Å². The molecule has 0 aliphatic carbocycles. The molecule has 0 bridgehead atoms. The zero-order valence-corrected chi connectivity index (χ0v) is 24.3. The molecule has 0 atom stereocenters. The molecule has 1 heterocycles. The summed E-state index contributed by atoms with van der Waals surface area (Å²) in [7, 11) is 0. The van der Waals surface area contributed by atoms with Crippen LogP contribution >= 0.6 is 59.4 Å². The highest BCUT2D eigenvalue weighted by Crippen LogP contribution is 2.44. The summed E-state index contributed by atoms with van der Waals surface area (Å²) in [5.41, 5.74) is 3.41. The van der Waals surface area contributed by atoms with Gasteiger partial charge in [0, 0.05) is 19.5 Å². The number of anilines is 1. The van der Waals surface area contributed by atoms with E-state index in [-0.39, 0.29) is 12.5 Å². The first-order chi connectivity index (χ1) is 16.8. The Balaban J connectivity index is 1.68. The van der Waals surface area contributed by atoms with Crippen LogP contribution in [-0.2, 0) is 11.4 Å². The van der Waals surface area contributed by atoms with Crippen molar-refractivity contribution in [1.29, 1.82) is 0 Å². The number of carbonyl (C=O) groups is 1. The summed E-state index contributed by atoms with van der Waals surface area (Å²) < 4.78 is 14.3. The van der Waals surface area contributed by atoms with E-state index in [2.05, 4.69) is 52.9 Å². The zero-order valence-electron chi connectivity index (χ0n) is 18.8. The molecule has 0 saturated heterocycles. The van der Waals surface area contributed by atoms with Crippen molar-refractivity contribution < 1.29 is 14.3 Å². The molecular formula is C26H20Br3ClN2O3. The van der Waals surface area contributed by atoms with Crippen molar-refractivity contribution in [3.63, 3.8) is 0 Å². The summed E-state index contributed by atoms with van der Waals surface area (Å²) in [6.07, 6.45) is 1.80. The van der Waals surface area contributed by atoms with E-state index in [1.165, 1.54) is 5.01 Å². The fourth-order valence-electron chi connectivity index (χ4n) is 3.49. The molecule has 0 N–H and O–H groups in total. The minimum absolute atomic E-state index is 0.208. The topological polar surface area (TPSA) is 51.1 Å². The molecule has 0 radical (unpaired) electrons. The van der Waals surface area contributed by atoms with E-state index in [9.17, 15) is 4.79 Å². The number of hydrogen-bond donors (Lipinski definition) is 0. The van der Waals surface area contributed by atoms with Crippen LogP contribution in [0.15, 0.2) is 78.7 Å². The highest BCUT2D eigenvalue weighted by atomic mass is 79.9. The van der Waals surface area contributed by atoms with Gasteiger partial charge in [-0.15, -0.1) is 0 Å². The molecule has 1 aliphatic rings. The van der Waals surface area contributed by atoms with Crippen LogP contribution in [-0.4, -0.2) is 18.2 Å². The molecule has 5 nitrogen and oxygen atoms in total. The normalized spacial score (nSPS) is 14.5. The summed E-state index contributed by atoms with van der Waals surface area (Å²) in [5.74, 6) is 0.880. The summed E-state index contributed by atoms with van der Waals surface area (Å²) in [6, 6.07) is 16.8. The smallest absolute Gasteiger partial charge is 0.280 e. The summed E-state index contributed by atoms with van der Waals surface area (Å²) in [4.78, 5) is 13.2. The van der Waals surface area contributed by atoms with E-state index in [4.69, 9.17) is 21.1 Å². The monoisotopic (exact) mass is 680 g/mol. The van der Waals surface area contributed by atoms with Gasteiger partial charge in [0.2, 0.25) is 0 Å². The molecule has 1 aliphatic heterocycles. The third-order valence-corrected chi connectivity index (χ3v) is 8.21. The number of nitrogens with zero attached hydrogens (tertiary/aromatic N) is 2. The second-order valence-electron chi connectivity index (χ2n) is 7.57. The van der Waals surface area contributed by atoms with Crippen molar-refractivity contribution in [2.24, 2.45) is 5.10 Å². The molecule has 0 fully saturated rings. The average molecular weight is 684 g/mol. The number of ether oxygens (including phenoxy) is 2. The molecule has 1 amide bonds. The van der Waals surface area contributed by atoms with Gasteiger partial charge in [0.25, 0.3) is 5.91 Å². The van der Waals surface area contributed by atoms with E-state index < -0.39 is 0 Å². The maximum Gasteiger partial charge on any atom is 0.280 e. The van der Waals surface area contributed by atoms with Gasteiger partial charge in [0.15, 0.2) is 11.5 Å². The molecular weight excluding hydrogens is 663 g/mol. The van der Waals surface area contributed by atoms with Crippen molar-refractivity contribution in [2.45, 2.75) is 20.5 Å². The fraction of sp³-hybridized carbons (Fsp3) is 0.154. The van der Waals surface area contributed by atoms with Crippen molar-refractivity contribution in [3.8, 4) is 11.5 Å². The number of amides is 1. The molecule has 9 heteroatoms. The predicted molar refractivity (Wildman–Crippen MR) is 152 cm³/mol. The van der Waals surface area contributed by atoms with Crippen LogP contribution < -0.4 is 14.5 Å². The van der Waals surface area contributed by atoms with Gasteiger partial charge >= 0.3 is 0 Å². The minimum atomic E-state index is -0.208. The van der Waals surface area contributed by atoms with Gasteiger partial charge in [-0.1, -0.05) is 51.8 Å². The fourth-order valence-corrected chi connectivity index (χ4v) is 5.02. The van der Waals surface area contributed by atoms with Gasteiger partial charge in [-0.25, -0.2) is 0 Å². The lowest BCUT2D eigenvalue weighted by Crippen LogP contribution is -2.21. The number of rotatable bonds is 7. The average Bonchev–Trinajstić information content (AvgIpc) is 3.11. The van der Waals surface area contributed by atoms with Crippen LogP contribution in [0.5, 0.6) is 11.5 Å². The zero-order chi connectivity index (χ0) is 25.1.